The van der Waals surface area contributed by atoms with Gasteiger partial charge in [0.1, 0.15) is 0 Å². The van der Waals surface area contributed by atoms with Crippen LogP contribution in [0.5, 0.6) is 0 Å². The Morgan fingerprint density at radius 3 is 1.45 bits per heavy atom. The van der Waals surface area contributed by atoms with Crippen LogP contribution in [0.15, 0.2) is 121 Å². The molecule has 1 aliphatic heterocycles. The van der Waals surface area contributed by atoms with Crippen LogP contribution in [0.1, 0.15) is 30.0 Å². The lowest BCUT2D eigenvalue weighted by molar-refractivity contribution is -0.134. The second-order valence-corrected chi connectivity index (χ2v) is 9.54. The largest absolute Gasteiger partial charge is 0.340 e. The predicted molar refractivity (Wildman–Crippen MR) is 152 cm³/mol. The fraction of sp³-hybridized carbons (Fsp3) is 0.212. The lowest BCUT2D eigenvalue weighted by Gasteiger charge is -2.40. The quantitative estimate of drug-likeness (QED) is 0.293. The summed E-state index contributed by atoms with van der Waals surface area (Å²) in [5.74, 6) is -0.0438. The van der Waals surface area contributed by atoms with Crippen molar-refractivity contribution in [3.05, 3.63) is 132 Å². The Morgan fingerprint density at radius 2 is 1.00 bits per heavy atom. The van der Waals surface area contributed by atoms with E-state index in [0.29, 0.717) is 13.1 Å². The minimum Gasteiger partial charge on any atom is -0.340 e. The Hall–Kier alpha value is -4.22. The van der Waals surface area contributed by atoms with Crippen LogP contribution in [0, 0.1) is 0 Å². The van der Waals surface area contributed by atoms with E-state index < -0.39 is 0 Å². The Kier molecular flexibility index (Phi) is 8.26. The fourth-order valence-corrected chi connectivity index (χ4v) is 5.19. The lowest BCUT2D eigenvalue weighted by atomic mass is 9.96. The summed E-state index contributed by atoms with van der Waals surface area (Å²) in [4.78, 5) is 32.5. The van der Waals surface area contributed by atoms with Gasteiger partial charge in [0, 0.05) is 50.4 Å². The van der Waals surface area contributed by atoms with E-state index in [1.807, 2.05) is 77.7 Å². The van der Waals surface area contributed by atoms with Gasteiger partial charge in [0.05, 0.1) is 6.04 Å². The molecule has 5 nitrogen and oxygen atoms in total. The van der Waals surface area contributed by atoms with E-state index in [9.17, 15) is 9.59 Å². The number of amides is 2. The maximum Gasteiger partial charge on any atom is 0.232 e. The molecule has 0 saturated carbocycles. The maximum atomic E-state index is 13.3. The van der Waals surface area contributed by atoms with Crippen molar-refractivity contribution in [2.24, 2.45) is 0 Å². The number of benzene rings is 4. The lowest BCUT2D eigenvalue weighted by Crippen LogP contribution is -2.50. The summed E-state index contributed by atoms with van der Waals surface area (Å²) in [6.45, 7) is 2.89. The molecule has 1 fully saturated rings. The third-order valence-electron chi connectivity index (χ3n) is 7.09. The van der Waals surface area contributed by atoms with E-state index >= 15 is 0 Å². The van der Waals surface area contributed by atoms with Crippen LogP contribution in [0.25, 0.3) is 0 Å². The number of nitrogens with zero attached hydrogens (tertiary/aromatic N) is 3. The summed E-state index contributed by atoms with van der Waals surface area (Å²) in [6, 6.07) is 40.5. The number of anilines is 2. The molecule has 1 heterocycles. The normalized spacial score (nSPS) is 13.9. The number of hydrogen-bond donors (Lipinski definition) is 0. The standard InChI is InChI=1S/C33H33N3O2/c37-31(21-22-32(38)36(29-17-9-3-10-18-29)30-19-11-4-12-20-30)34-23-25-35(26-24-34)33(27-13-5-1-6-14-27)28-15-7-2-8-16-28/h1-20,33H,21-26H2. The summed E-state index contributed by atoms with van der Waals surface area (Å²) in [7, 11) is 0. The van der Waals surface area contributed by atoms with Crippen molar-refractivity contribution in [1.29, 1.82) is 0 Å². The van der Waals surface area contributed by atoms with Crippen molar-refractivity contribution in [3.63, 3.8) is 0 Å². The van der Waals surface area contributed by atoms with Crippen molar-refractivity contribution in [2.45, 2.75) is 18.9 Å². The molecule has 1 saturated heterocycles. The zero-order chi connectivity index (χ0) is 26.2. The van der Waals surface area contributed by atoms with Gasteiger partial charge >= 0.3 is 0 Å². The van der Waals surface area contributed by atoms with Crippen molar-refractivity contribution in [2.75, 3.05) is 31.1 Å². The molecule has 0 atom stereocenters. The predicted octanol–water partition coefficient (Wildman–Crippen LogP) is 6.07. The first-order valence-corrected chi connectivity index (χ1v) is 13.3. The van der Waals surface area contributed by atoms with Crippen LogP contribution >= 0.6 is 0 Å². The van der Waals surface area contributed by atoms with Crippen LogP contribution in [-0.4, -0.2) is 47.8 Å². The number of para-hydroxylation sites is 2. The Labute approximate surface area is 224 Å². The van der Waals surface area contributed by atoms with Crippen molar-refractivity contribution in [3.8, 4) is 0 Å². The van der Waals surface area contributed by atoms with Gasteiger partial charge < -0.3 is 4.90 Å². The Bertz CT molecular complexity index is 1230. The van der Waals surface area contributed by atoms with Crippen LogP contribution in [0.4, 0.5) is 11.4 Å². The van der Waals surface area contributed by atoms with Crippen LogP contribution in [0.2, 0.25) is 0 Å². The van der Waals surface area contributed by atoms with Gasteiger partial charge in [0.15, 0.2) is 0 Å². The number of hydrogen-bond acceptors (Lipinski definition) is 3. The van der Waals surface area contributed by atoms with Crippen LogP contribution < -0.4 is 4.90 Å². The van der Waals surface area contributed by atoms with E-state index in [4.69, 9.17) is 0 Å². The Balaban J connectivity index is 1.21. The van der Waals surface area contributed by atoms with Crippen molar-refractivity contribution < 1.29 is 9.59 Å². The minimum atomic E-state index is -0.0809. The molecule has 192 valence electrons. The highest BCUT2D eigenvalue weighted by molar-refractivity contribution is 6.01. The highest BCUT2D eigenvalue weighted by atomic mass is 16.2. The summed E-state index contributed by atoms with van der Waals surface area (Å²) >= 11 is 0. The molecule has 5 heteroatoms. The molecule has 4 aromatic rings. The highest BCUT2D eigenvalue weighted by Crippen LogP contribution is 2.30. The molecule has 4 aromatic carbocycles. The molecule has 1 aliphatic rings. The van der Waals surface area contributed by atoms with Crippen molar-refractivity contribution in [1.82, 2.24) is 9.80 Å². The topological polar surface area (TPSA) is 43.9 Å². The number of carbonyl (C=O) groups is 2. The molecule has 0 aliphatic carbocycles. The van der Waals surface area contributed by atoms with E-state index in [1.54, 1.807) is 4.90 Å². The summed E-state index contributed by atoms with van der Waals surface area (Å²) < 4.78 is 0. The maximum absolute atomic E-state index is 13.3. The smallest absolute Gasteiger partial charge is 0.232 e. The van der Waals surface area contributed by atoms with Gasteiger partial charge in [0.2, 0.25) is 11.8 Å². The Morgan fingerprint density at radius 1 is 0.579 bits per heavy atom. The molecule has 2 amide bonds. The molecule has 0 bridgehead atoms. The van der Waals surface area contributed by atoms with Gasteiger partial charge in [-0.05, 0) is 35.4 Å². The SMILES string of the molecule is O=C(CCC(=O)N(c1ccccc1)c1ccccc1)N1CCN(C(c2ccccc2)c2ccccc2)CC1. The second-order valence-electron chi connectivity index (χ2n) is 9.54. The first-order valence-electron chi connectivity index (χ1n) is 13.3. The van der Waals surface area contributed by atoms with Gasteiger partial charge in [-0.3, -0.25) is 19.4 Å². The van der Waals surface area contributed by atoms with E-state index in [1.165, 1.54) is 11.1 Å². The van der Waals surface area contributed by atoms with Gasteiger partial charge in [0.25, 0.3) is 0 Å². The summed E-state index contributed by atoms with van der Waals surface area (Å²) in [5, 5.41) is 0. The fourth-order valence-electron chi connectivity index (χ4n) is 5.19. The average molecular weight is 504 g/mol. The molecule has 0 spiro atoms. The molecule has 0 aromatic heterocycles. The van der Waals surface area contributed by atoms with Gasteiger partial charge in [-0.25, -0.2) is 0 Å². The van der Waals surface area contributed by atoms with Gasteiger partial charge in [-0.1, -0.05) is 97.1 Å². The van der Waals surface area contributed by atoms with Gasteiger partial charge in [-0.15, -0.1) is 0 Å². The highest BCUT2D eigenvalue weighted by Gasteiger charge is 2.28. The third-order valence-corrected chi connectivity index (χ3v) is 7.09. The average Bonchev–Trinajstić information content (AvgIpc) is 2.99. The number of piperazine rings is 1. The molecule has 0 unspecified atom stereocenters. The molecule has 5 rings (SSSR count). The summed E-state index contributed by atoms with van der Waals surface area (Å²) in [6.07, 6.45) is 0.370. The van der Waals surface area contributed by atoms with E-state index in [2.05, 4.69) is 53.4 Å². The molecule has 0 radical (unpaired) electrons. The molecule has 0 N–H and O–H groups in total. The molecular weight excluding hydrogens is 470 g/mol. The van der Waals surface area contributed by atoms with E-state index in [-0.39, 0.29) is 30.7 Å². The third kappa shape index (κ3) is 6.01. The van der Waals surface area contributed by atoms with Gasteiger partial charge in [-0.2, -0.15) is 0 Å². The number of carbonyl (C=O) groups excluding carboxylic acids is 2. The first-order chi connectivity index (χ1) is 18.7. The summed E-state index contributed by atoms with van der Waals surface area (Å²) in [5.41, 5.74) is 4.12. The monoisotopic (exact) mass is 503 g/mol. The molecular formula is C33H33N3O2. The first kappa shape index (κ1) is 25.4. The van der Waals surface area contributed by atoms with Crippen LogP contribution in [-0.2, 0) is 9.59 Å². The second kappa shape index (κ2) is 12.3. The van der Waals surface area contributed by atoms with Crippen molar-refractivity contribution >= 4 is 23.2 Å². The zero-order valence-corrected chi connectivity index (χ0v) is 21.5. The van der Waals surface area contributed by atoms with E-state index in [0.717, 1.165) is 24.5 Å². The molecule has 38 heavy (non-hydrogen) atoms. The number of rotatable bonds is 8. The minimum absolute atomic E-state index is 0.0371. The zero-order valence-electron chi connectivity index (χ0n) is 21.5. The van der Waals surface area contributed by atoms with Crippen LogP contribution in [0.3, 0.4) is 0 Å².